The van der Waals surface area contributed by atoms with Crippen LogP contribution in [0.15, 0.2) is 42.5 Å². The molecule has 0 aliphatic rings. The summed E-state index contributed by atoms with van der Waals surface area (Å²) in [7, 11) is -4.76. The Morgan fingerprint density at radius 3 is 2.00 bits per heavy atom. The molecule has 0 amide bonds. The summed E-state index contributed by atoms with van der Waals surface area (Å²) in [6, 6.07) is 8.47. The van der Waals surface area contributed by atoms with Crippen molar-refractivity contribution in [1.82, 2.24) is 0 Å². The Bertz CT molecular complexity index is 718. The SMILES string of the molecule is O=P(O)(O)c1ccc(O)cc1C(O)(O)Cc1ccc(O)cc1. The van der Waals surface area contributed by atoms with Gasteiger partial charge in [-0.3, -0.25) is 4.57 Å². The second kappa shape index (κ2) is 5.72. The molecular formula is C14H15O7P. The van der Waals surface area contributed by atoms with Crippen molar-refractivity contribution in [2.75, 3.05) is 0 Å². The van der Waals surface area contributed by atoms with Crippen molar-refractivity contribution in [2.24, 2.45) is 0 Å². The summed E-state index contributed by atoms with van der Waals surface area (Å²) >= 11 is 0. The van der Waals surface area contributed by atoms with Gasteiger partial charge in [0.05, 0.1) is 5.30 Å². The second-order valence-electron chi connectivity index (χ2n) is 4.91. The molecule has 0 atom stereocenters. The molecule has 0 spiro atoms. The standard InChI is InChI=1S/C14H15O7P/c15-10-3-1-9(2-4-10)8-14(17,18)12-7-11(16)5-6-13(12)22(19,20)21/h1-7,15-18H,8H2,(H2,19,20,21). The van der Waals surface area contributed by atoms with E-state index in [0.717, 1.165) is 18.2 Å². The van der Waals surface area contributed by atoms with Crippen molar-refractivity contribution in [3.8, 4) is 11.5 Å². The normalized spacial score (nSPS) is 12.4. The first-order valence-electron chi connectivity index (χ1n) is 6.22. The molecule has 0 unspecified atom stereocenters. The Morgan fingerprint density at radius 1 is 0.909 bits per heavy atom. The Balaban J connectivity index is 2.46. The van der Waals surface area contributed by atoms with E-state index in [1.807, 2.05) is 0 Å². The fourth-order valence-corrected chi connectivity index (χ4v) is 2.92. The highest BCUT2D eigenvalue weighted by Crippen LogP contribution is 2.39. The first-order chi connectivity index (χ1) is 10.1. The number of rotatable bonds is 4. The van der Waals surface area contributed by atoms with Gasteiger partial charge in [-0.2, -0.15) is 0 Å². The van der Waals surface area contributed by atoms with Crippen LogP contribution in [0, 0.1) is 0 Å². The van der Waals surface area contributed by atoms with E-state index in [1.54, 1.807) is 0 Å². The number of phenols is 2. The highest BCUT2D eigenvalue weighted by Gasteiger charge is 2.35. The van der Waals surface area contributed by atoms with Crippen LogP contribution in [0.25, 0.3) is 0 Å². The van der Waals surface area contributed by atoms with E-state index >= 15 is 0 Å². The number of aromatic hydroxyl groups is 2. The largest absolute Gasteiger partial charge is 0.508 e. The Labute approximate surface area is 125 Å². The van der Waals surface area contributed by atoms with E-state index in [4.69, 9.17) is 0 Å². The number of aliphatic hydroxyl groups is 2. The molecule has 0 heterocycles. The molecule has 7 nitrogen and oxygen atoms in total. The molecule has 8 heteroatoms. The van der Waals surface area contributed by atoms with Gasteiger partial charge in [-0.15, -0.1) is 0 Å². The van der Waals surface area contributed by atoms with Crippen molar-refractivity contribution in [3.63, 3.8) is 0 Å². The van der Waals surface area contributed by atoms with E-state index < -0.39 is 24.3 Å². The Morgan fingerprint density at radius 2 is 1.45 bits per heavy atom. The molecule has 6 N–H and O–H groups in total. The maximum absolute atomic E-state index is 11.5. The maximum atomic E-state index is 11.5. The average Bonchev–Trinajstić information content (AvgIpc) is 2.40. The zero-order valence-electron chi connectivity index (χ0n) is 11.3. The summed E-state index contributed by atoms with van der Waals surface area (Å²) in [5.74, 6) is -2.96. The Kier molecular flexibility index (Phi) is 4.28. The fourth-order valence-electron chi connectivity index (χ4n) is 2.09. The molecule has 0 bridgehead atoms. The van der Waals surface area contributed by atoms with Crippen LogP contribution in [0.3, 0.4) is 0 Å². The van der Waals surface area contributed by atoms with Gasteiger partial charge in [-0.05, 0) is 35.9 Å². The van der Waals surface area contributed by atoms with Crippen molar-refractivity contribution in [3.05, 3.63) is 53.6 Å². The van der Waals surface area contributed by atoms with Gasteiger partial charge in [0, 0.05) is 12.0 Å². The van der Waals surface area contributed by atoms with Crippen LogP contribution >= 0.6 is 7.60 Å². The molecule has 2 rings (SSSR count). The van der Waals surface area contributed by atoms with Gasteiger partial charge in [-0.1, -0.05) is 12.1 Å². The van der Waals surface area contributed by atoms with Crippen LogP contribution in [-0.4, -0.2) is 30.2 Å². The van der Waals surface area contributed by atoms with Crippen molar-refractivity contribution in [2.45, 2.75) is 12.2 Å². The molecule has 0 aromatic heterocycles. The van der Waals surface area contributed by atoms with Crippen LogP contribution in [0.5, 0.6) is 11.5 Å². The van der Waals surface area contributed by atoms with Crippen molar-refractivity contribution in [1.29, 1.82) is 0 Å². The summed E-state index contributed by atoms with van der Waals surface area (Å²) in [5, 5.41) is 38.5. The summed E-state index contributed by atoms with van der Waals surface area (Å²) < 4.78 is 11.5. The van der Waals surface area contributed by atoms with Gasteiger partial charge in [0.2, 0.25) is 0 Å². The lowest BCUT2D eigenvalue weighted by atomic mass is 9.97. The zero-order chi connectivity index (χ0) is 16.5. The van der Waals surface area contributed by atoms with Gasteiger partial charge >= 0.3 is 7.60 Å². The third-order valence-electron chi connectivity index (χ3n) is 3.11. The second-order valence-corrected chi connectivity index (χ2v) is 6.48. The minimum absolute atomic E-state index is 0.00140. The molecule has 0 saturated heterocycles. The molecule has 118 valence electrons. The van der Waals surface area contributed by atoms with Gasteiger partial charge in [0.15, 0.2) is 5.79 Å². The minimum Gasteiger partial charge on any atom is -0.508 e. The topological polar surface area (TPSA) is 138 Å². The van der Waals surface area contributed by atoms with Crippen LogP contribution < -0.4 is 5.30 Å². The van der Waals surface area contributed by atoms with Crippen molar-refractivity contribution >= 4 is 12.9 Å². The van der Waals surface area contributed by atoms with E-state index in [9.17, 15) is 34.8 Å². The smallest absolute Gasteiger partial charge is 0.356 e. The van der Waals surface area contributed by atoms with Gasteiger partial charge in [0.25, 0.3) is 0 Å². The molecule has 0 aliphatic heterocycles. The third kappa shape index (κ3) is 3.65. The summed E-state index contributed by atoms with van der Waals surface area (Å²) in [4.78, 5) is 18.6. The number of hydrogen-bond acceptors (Lipinski definition) is 5. The van der Waals surface area contributed by atoms with Gasteiger partial charge < -0.3 is 30.2 Å². The lowest BCUT2D eigenvalue weighted by molar-refractivity contribution is -0.167. The van der Waals surface area contributed by atoms with Crippen LogP contribution in [0.1, 0.15) is 11.1 Å². The highest BCUT2D eigenvalue weighted by molar-refractivity contribution is 7.60. The third-order valence-corrected chi connectivity index (χ3v) is 4.13. The first kappa shape index (κ1) is 16.5. The molecule has 0 fully saturated rings. The summed E-state index contributed by atoms with van der Waals surface area (Å²) in [6.07, 6.45) is -0.385. The van der Waals surface area contributed by atoms with Crippen LogP contribution in [-0.2, 0) is 16.8 Å². The van der Waals surface area contributed by atoms with Gasteiger partial charge in [-0.25, -0.2) is 0 Å². The van der Waals surface area contributed by atoms with Crippen molar-refractivity contribution < 1.29 is 34.8 Å². The monoisotopic (exact) mass is 326 g/mol. The maximum Gasteiger partial charge on any atom is 0.356 e. The number of phenolic OH excluding ortho intramolecular Hbond substituents is 2. The fraction of sp³-hybridized carbons (Fsp3) is 0.143. The molecule has 0 aliphatic carbocycles. The predicted molar refractivity (Wildman–Crippen MR) is 77.7 cm³/mol. The van der Waals surface area contributed by atoms with E-state index in [2.05, 4.69) is 0 Å². The summed E-state index contributed by atoms with van der Waals surface area (Å²) in [6.45, 7) is 0. The Hall–Kier alpha value is -1.89. The van der Waals surface area contributed by atoms with E-state index in [-0.39, 0.29) is 17.9 Å². The predicted octanol–water partition coefficient (Wildman–Crippen LogP) is 0.281. The molecular weight excluding hydrogens is 311 g/mol. The minimum atomic E-state index is -4.76. The van der Waals surface area contributed by atoms with Crippen LogP contribution in [0.4, 0.5) is 0 Å². The molecule has 2 aromatic rings. The highest BCUT2D eigenvalue weighted by atomic mass is 31.2. The van der Waals surface area contributed by atoms with Gasteiger partial charge in [0.1, 0.15) is 11.5 Å². The van der Waals surface area contributed by atoms with Crippen LogP contribution in [0.2, 0.25) is 0 Å². The zero-order valence-corrected chi connectivity index (χ0v) is 12.2. The average molecular weight is 326 g/mol. The quantitative estimate of drug-likeness (QED) is 0.350. The summed E-state index contributed by atoms with van der Waals surface area (Å²) in [5.41, 5.74) is -0.0586. The molecule has 0 saturated carbocycles. The lowest BCUT2D eigenvalue weighted by Gasteiger charge is -2.25. The molecule has 22 heavy (non-hydrogen) atoms. The van der Waals surface area contributed by atoms with E-state index in [0.29, 0.717) is 5.56 Å². The lowest BCUT2D eigenvalue weighted by Crippen LogP contribution is -2.33. The molecule has 0 radical (unpaired) electrons. The number of hydrogen-bond donors (Lipinski definition) is 6. The number of benzene rings is 2. The van der Waals surface area contributed by atoms with E-state index in [1.165, 1.54) is 24.3 Å². The molecule has 2 aromatic carbocycles. The first-order valence-corrected chi connectivity index (χ1v) is 7.83.